The van der Waals surface area contributed by atoms with Crippen LogP contribution >= 0.6 is 0 Å². The third-order valence-electron chi connectivity index (χ3n) is 5.05. The smallest absolute Gasteiger partial charge is 0.408 e. The van der Waals surface area contributed by atoms with E-state index >= 15 is 0 Å². The number of carbonyl (C=O) groups excluding carboxylic acids is 3. The Hall–Kier alpha value is -2.61. The van der Waals surface area contributed by atoms with E-state index < -0.39 is 29.6 Å². The average molecular weight is 419 g/mol. The van der Waals surface area contributed by atoms with Crippen molar-refractivity contribution in [2.45, 2.75) is 77.5 Å². The molecule has 0 heterocycles. The van der Waals surface area contributed by atoms with E-state index in [1.54, 1.807) is 45.0 Å². The van der Waals surface area contributed by atoms with Gasteiger partial charge in [-0.2, -0.15) is 0 Å². The van der Waals surface area contributed by atoms with E-state index in [1.807, 2.05) is 0 Å². The van der Waals surface area contributed by atoms with Gasteiger partial charge in [0.1, 0.15) is 11.6 Å². The number of carbonyl (C=O) groups is 3. The lowest BCUT2D eigenvalue weighted by Crippen LogP contribution is -2.53. The molecule has 8 heteroatoms. The standard InChI is InChI=1S/C22H34N4O4/c1-22(2,3)30-21(29)24-18(13-15-7-5-4-6-8-15)20(28)26-25-19(27)17-11-9-16(14-23)10-12-17/h9-12,15,18H,4-8,13-14,23H2,1-3H3,(H,24,29)(H,25,27)(H,26,28). The highest BCUT2D eigenvalue weighted by molar-refractivity contribution is 5.96. The van der Waals surface area contributed by atoms with Crippen LogP contribution in [0.15, 0.2) is 24.3 Å². The number of hydrogen-bond acceptors (Lipinski definition) is 5. The Balaban J connectivity index is 1.97. The number of hydrogen-bond donors (Lipinski definition) is 4. The number of amides is 3. The van der Waals surface area contributed by atoms with Crippen LogP contribution < -0.4 is 21.9 Å². The van der Waals surface area contributed by atoms with Gasteiger partial charge in [0.15, 0.2) is 0 Å². The molecule has 0 spiro atoms. The molecule has 0 aliphatic heterocycles. The number of nitrogens with two attached hydrogens (primary N) is 1. The second kappa shape index (κ2) is 11.0. The highest BCUT2D eigenvalue weighted by atomic mass is 16.6. The summed E-state index contributed by atoms with van der Waals surface area (Å²) in [4.78, 5) is 37.3. The molecule has 3 amide bonds. The topological polar surface area (TPSA) is 123 Å². The molecule has 8 nitrogen and oxygen atoms in total. The minimum atomic E-state index is -0.789. The van der Waals surface area contributed by atoms with Crippen molar-refractivity contribution < 1.29 is 19.1 Å². The van der Waals surface area contributed by atoms with Crippen molar-refractivity contribution in [1.29, 1.82) is 0 Å². The predicted octanol–water partition coefficient (Wildman–Crippen LogP) is 2.77. The van der Waals surface area contributed by atoms with Gasteiger partial charge in [0, 0.05) is 12.1 Å². The van der Waals surface area contributed by atoms with Crippen LogP contribution in [-0.4, -0.2) is 29.6 Å². The number of ether oxygens (including phenoxy) is 1. The summed E-state index contributed by atoms with van der Waals surface area (Å²) in [5.41, 5.74) is 11.0. The molecular formula is C22H34N4O4. The van der Waals surface area contributed by atoms with E-state index in [4.69, 9.17) is 10.5 Å². The minimum Gasteiger partial charge on any atom is -0.444 e. The zero-order valence-electron chi connectivity index (χ0n) is 18.1. The summed E-state index contributed by atoms with van der Waals surface area (Å²) in [6.07, 6.45) is 5.36. The molecule has 1 aliphatic rings. The first-order valence-electron chi connectivity index (χ1n) is 10.6. The molecule has 1 aromatic rings. The Morgan fingerprint density at radius 2 is 1.70 bits per heavy atom. The maximum atomic E-state index is 12.7. The monoisotopic (exact) mass is 418 g/mol. The second-order valence-corrected chi connectivity index (χ2v) is 8.78. The highest BCUT2D eigenvalue weighted by Crippen LogP contribution is 2.27. The first-order valence-corrected chi connectivity index (χ1v) is 10.6. The van der Waals surface area contributed by atoms with Crippen LogP contribution in [0.2, 0.25) is 0 Å². The first kappa shape index (κ1) is 23.7. The van der Waals surface area contributed by atoms with Gasteiger partial charge in [-0.1, -0.05) is 44.2 Å². The lowest BCUT2D eigenvalue weighted by atomic mass is 9.84. The number of alkyl carbamates (subject to hydrolysis) is 1. The lowest BCUT2D eigenvalue weighted by molar-refractivity contribution is -0.124. The van der Waals surface area contributed by atoms with E-state index in [0.29, 0.717) is 24.4 Å². The van der Waals surface area contributed by atoms with E-state index in [2.05, 4.69) is 16.2 Å². The number of benzene rings is 1. The Kier molecular flexibility index (Phi) is 8.65. The van der Waals surface area contributed by atoms with Gasteiger partial charge in [0.05, 0.1) is 0 Å². The molecule has 0 bridgehead atoms. The van der Waals surface area contributed by atoms with Gasteiger partial charge in [0.2, 0.25) is 0 Å². The molecule has 5 N–H and O–H groups in total. The van der Waals surface area contributed by atoms with Crippen LogP contribution in [0.4, 0.5) is 4.79 Å². The summed E-state index contributed by atoms with van der Waals surface area (Å²) in [6, 6.07) is 6.01. The number of rotatable bonds is 6. The van der Waals surface area contributed by atoms with Crippen molar-refractivity contribution in [3.05, 3.63) is 35.4 Å². The van der Waals surface area contributed by atoms with E-state index in [1.165, 1.54) is 6.42 Å². The molecule has 166 valence electrons. The molecule has 1 saturated carbocycles. The van der Waals surface area contributed by atoms with Crippen LogP contribution in [0.25, 0.3) is 0 Å². The summed E-state index contributed by atoms with van der Waals surface area (Å²) in [6.45, 7) is 5.68. The summed E-state index contributed by atoms with van der Waals surface area (Å²) in [5.74, 6) is -0.567. The van der Waals surface area contributed by atoms with Crippen LogP contribution in [-0.2, 0) is 16.1 Å². The second-order valence-electron chi connectivity index (χ2n) is 8.78. The van der Waals surface area contributed by atoms with Gasteiger partial charge in [-0.05, 0) is 50.8 Å². The first-order chi connectivity index (χ1) is 14.2. The largest absolute Gasteiger partial charge is 0.444 e. The van der Waals surface area contributed by atoms with Gasteiger partial charge < -0.3 is 15.8 Å². The van der Waals surface area contributed by atoms with Crippen LogP contribution in [0, 0.1) is 5.92 Å². The highest BCUT2D eigenvalue weighted by Gasteiger charge is 2.28. The van der Waals surface area contributed by atoms with Gasteiger partial charge in [-0.25, -0.2) is 4.79 Å². The molecule has 1 aliphatic carbocycles. The quantitative estimate of drug-likeness (QED) is 0.529. The zero-order chi connectivity index (χ0) is 22.1. The van der Waals surface area contributed by atoms with Crippen LogP contribution in [0.1, 0.15) is 75.2 Å². The number of nitrogens with one attached hydrogen (secondary N) is 3. The maximum absolute atomic E-state index is 12.7. The van der Waals surface area contributed by atoms with Gasteiger partial charge in [-0.3, -0.25) is 20.4 Å². The van der Waals surface area contributed by atoms with Crippen LogP contribution in [0.3, 0.4) is 0 Å². The Morgan fingerprint density at radius 3 is 2.27 bits per heavy atom. The van der Waals surface area contributed by atoms with E-state index in [9.17, 15) is 14.4 Å². The molecule has 0 radical (unpaired) electrons. The molecule has 2 rings (SSSR count). The summed E-state index contributed by atoms with van der Waals surface area (Å²) in [7, 11) is 0. The fourth-order valence-electron chi connectivity index (χ4n) is 3.51. The van der Waals surface area contributed by atoms with Crippen molar-refractivity contribution in [3.8, 4) is 0 Å². The Morgan fingerprint density at radius 1 is 1.07 bits per heavy atom. The molecule has 1 fully saturated rings. The predicted molar refractivity (Wildman–Crippen MR) is 114 cm³/mol. The van der Waals surface area contributed by atoms with Crippen molar-refractivity contribution >= 4 is 17.9 Å². The van der Waals surface area contributed by atoms with Crippen molar-refractivity contribution in [2.75, 3.05) is 0 Å². The molecule has 0 saturated heterocycles. The summed E-state index contributed by atoms with van der Waals surface area (Å²) >= 11 is 0. The van der Waals surface area contributed by atoms with Gasteiger partial charge in [0.25, 0.3) is 11.8 Å². The Bertz CT molecular complexity index is 722. The maximum Gasteiger partial charge on any atom is 0.408 e. The molecule has 0 aromatic heterocycles. The van der Waals surface area contributed by atoms with Crippen molar-refractivity contribution in [3.63, 3.8) is 0 Å². The normalized spacial score (nSPS) is 15.7. The van der Waals surface area contributed by atoms with Gasteiger partial charge in [-0.15, -0.1) is 0 Å². The van der Waals surface area contributed by atoms with Gasteiger partial charge >= 0.3 is 6.09 Å². The minimum absolute atomic E-state index is 0.351. The summed E-state index contributed by atoms with van der Waals surface area (Å²) in [5, 5.41) is 2.66. The zero-order valence-corrected chi connectivity index (χ0v) is 18.1. The fourth-order valence-corrected chi connectivity index (χ4v) is 3.51. The SMILES string of the molecule is CC(C)(C)OC(=O)NC(CC1CCCCC1)C(=O)NNC(=O)c1ccc(CN)cc1. The third kappa shape index (κ3) is 8.02. The molecule has 1 atom stereocenters. The lowest BCUT2D eigenvalue weighted by Gasteiger charge is -2.27. The van der Waals surface area contributed by atoms with Crippen molar-refractivity contribution in [2.24, 2.45) is 11.7 Å². The molecule has 1 aromatic carbocycles. The molecule has 30 heavy (non-hydrogen) atoms. The Labute approximate surface area is 178 Å². The van der Waals surface area contributed by atoms with E-state index in [-0.39, 0.29) is 0 Å². The summed E-state index contributed by atoms with van der Waals surface area (Å²) < 4.78 is 5.30. The van der Waals surface area contributed by atoms with E-state index in [0.717, 1.165) is 31.2 Å². The molecule has 1 unspecified atom stereocenters. The molecular weight excluding hydrogens is 384 g/mol. The third-order valence-corrected chi connectivity index (χ3v) is 5.05. The van der Waals surface area contributed by atoms with Crippen molar-refractivity contribution in [1.82, 2.24) is 16.2 Å². The number of hydrazine groups is 1. The fraction of sp³-hybridized carbons (Fsp3) is 0.591. The van der Waals surface area contributed by atoms with Crippen LogP contribution in [0.5, 0.6) is 0 Å². The average Bonchev–Trinajstić information content (AvgIpc) is 2.70.